The molecule has 4 heteroatoms. The Morgan fingerprint density at radius 1 is 1.39 bits per heavy atom. The highest BCUT2D eigenvalue weighted by molar-refractivity contribution is 7.18. The zero-order chi connectivity index (χ0) is 12.5. The van der Waals surface area contributed by atoms with Crippen molar-refractivity contribution in [1.29, 1.82) is 0 Å². The fraction of sp³-hybridized carbons (Fsp3) is 0.500. The number of thiazole rings is 1. The Balaban J connectivity index is 1.67. The van der Waals surface area contributed by atoms with Crippen LogP contribution in [0.4, 0.5) is 0 Å². The van der Waals surface area contributed by atoms with Crippen molar-refractivity contribution in [2.75, 3.05) is 7.11 Å². The third-order valence-electron chi connectivity index (χ3n) is 3.59. The van der Waals surface area contributed by atoms with E-state index in [-0.39, 0.29) is 0 Å². The van der Waals surface area contributed by atoms with Crippen molar-refractivity contribution >= 4 is 21.6 Å². The molecular formula is C14H18N2OS. The Hall–Kier alpha value is -0.970. The molecule has 0 amide bonds. The van der Waals surface area contributed by atoms with Gasteiger partial charge in [-0.25, -0.2) is 4.98 Å². The molecule has 1 heterocycles. The zero-order valence-corrected chi connectivity index (χ0v) is 11.5. The first-order valence-electron chi connectivity index (χ1n) is 6.40. The number of benzene rings is 1. The number of para-hydroxylation sites is 1. The Labute approximate surface area is 111 Å². The van der Waals surface area contributed by atoms with Gasteiger partial charge < -0.3 is 10.1 Å². The van der Waals surface area contributed by atoms with Crippen LogP contribution in [0.3, 0.4) is 0 Å². The number of fused-ring (bicyclic) bond motifs is 1. The summed E-state index contributed by atoms with van der Waals surface area (Å²) < 4.78 is 6.57. The molecule has 0 saturated heterocycles. The van der Waals surface area contributed by atoms with Crippen molar-refractivity contribution in [3.8, 4) is 0 Å². The standard InChI is InChI=1S/C14H18N2OS/c1-9(15-10-7-11(8-10)17-2)14-16-12-5-3-4-6-13(12)18-14/h3-6,9-11,15H,7-8H2,1-2H3. The van der Waals surface area contributed by atoms with Crippen LogP contribution in [-0.2, 0) is 4.74 Å². The van der Waals surface area contributed by atoms with E-state index in [1.165, 1.54) is 9.71 Å². The summed E-state index contributed by atoms with van der Waals surface area (Å²) in [6.45, 7) is 2.19. The number of nitrogens with zero attached hydrogens (tertiary/aromatic N) is 1. The number of hydrogen-bond acceptors (Lipinski definition) is 4. The summed E-state index contributed by atoms with van der Waals surface area (Å²) in [5.74, 6) is 0. The number of rotatable bonds is 4. The molecule has 0 spiro atoms. The molecule has 1 aromatic heterocycles. The molecule has 18 heavy (non-hydrogen) atoms. The van der Waals surface area contributed by atoms with E-state index in [0.29, 0.717) is 18.2 Å². The molecule has 1 aliphatic carbocycles. The molecule has 1 aliphatic rings. The molecule has 1 N–H and O–H groups in total. The molecule has 1 aromatic carbocycles. The van der Waals surface area contributed by atoms with E-state index in [1.807, 2.05) is 6.07 Å². The lowest BCUT2D eigenvalue weighted by molar-refractivity contribution is 0.0147. The van der Waals surface area contributed by atoms with Gasteiger partial charge in [0.1, 0.15) is 5.01 Å². The van der Waals surface area contributed by atoms with Gasteiger partial charge in [0.2, 0.25) is 0 Å². The van der Waals surface area contributed by atoms with Crippen molar-refractivity contribution in [3.63, 3.8) is 0 Å². The molecule has 1 atom stereocenters. The van der Waals surface area contributed by atoms with Crippen LogP contribution in [0.2, 0.25) is 0 Å². The summed E-state index contributed by atoms with van der Waals surface area (Å²) in [4.78, 5) is 4.69. The second-order valence-corrected chi connectivity index (χ2v) is 6.00. The lowest BCUT2D eigenvalue weighted by Crippen LogP contribution is -2.45. The molecule has 96 valence electrons. The average molecular weight is 262 g/mol. The van der Waals surface area contributed by atoms with Gasteiger partial charge in [0.05, 0.1) is 22.4 Å². The summed E-state index contributed by atoms with van der Waals surface area (Å²) in [6, 6.07) is 9.22. The van der Waals surface area contributed by atoms with Crippen LogP contribution in [0, 0.1) is 0 Å². The van der Waals surface area contributed by atoms with E-state index >= 15 is 0 Å². The second-order valence-electron chi connectivity index (χ2n) is 4.93. The highest BCUT2D eigenvalue weighted by Gasteiger charge is 2.30. The highest BCUT2D eigenvalue weighted by Crippen LogP contribution is 2.29. The first-order chi connectivity index (χ1) is 8.76. The minimum absolute atomic E-state index is 0.324. The predicted octanol–water partition coefficient (Wildman–Crippen LogP) is 3.12. The highest BCUT2D eigenvalue weighted by atomic mass is 32.1. The quantitative estimate of drug-likeness (QED) is 0.919. The topological polar surface area (TPSA) is 34.1 Å². The van der Waals surface area contributed by atoms with Gasteiger partial charge in [0.25, 0.3) is 0 Å². The van der Waals surface area contributed by atoms with Gasteiger partial charge in [-0.3, -0.25) is 0 Å². The fourth-order valence-corrected chi connectivity index (χ4v) is 3.37. The molecule has 0 aliphatic heterocycles. The average Bonchev–Trinajstić information content (AvgIpc) is 2.76. The Morgan fingerprint density at radius 2 is 2.17 bits per heavy atom. The summed E-state index contributed by atoms with van der Waals surface area (Å²) in [6.07, 6.45) is 2.68. The monoisotopic (exact) mass is 262 g/mol. The van der Waals surface area contributed by atoms with Gasteiger partial charge in [-0.15, -0.1) is 11.3 Å². The molecule has 0 radical (unpaired) electrons. The number of nitrogens with one attached hydrogen (secondary N) is 1. The van der Waals surface area contributed by atoms with E-state index in [9.17, 15) is 0 Å². The lowest BCUT2D eigenvalue weighted by atomic mass is 9.89. The van der Waals surface area contributed by atoms with Crippen molar-refractivity contribution in [2.45, 2.75) is 38.0 Å². The summed E-state index contributed by atoms with van der Waals surface area (Å²) >= 11 is 1.78. The minimum atomic E-state index is 0.324. The van der Waals surface area contributed by atoms with Crippen molar-refractivity contribution in [2.24, 2.45) is 0 Å². The third-order valence-corrected chi connectivity index (χ3v) is 4.81. The number of hydrogen-bond donors (Lipinski definition) is 1. The van der Waals surface area contributed by atoms with E-state index < -0.39 is 0 Å². The van der Waals surface area contributed by atoms with Crippen LogP contribution in [0.1, 0.15) is 30.8 Å². The number of aromatic nitrogens is 1. The molecular weight excluding hydrogens is 244 g/mol. The van der Waals surface area contributed by atoms with Crippen LogP contribution >= 0.6 is 11.3 Å². The maximum Gasteiger partial charge on any atom is 0.111 e. The first kappa shape index (κ1) is 12.1. The van der Waals surface area contributed by atoms with Gasteiger partial charge in [-0.2, -0.15) is 0 Å². The lowest BCUT2D eigenvalue weighted by Gasteiger charge is -2.36. The molecule has 3 rings (SSSR count). The molecule has 1 saturated carbocycles. The summed E-state index contributed by atoms with van der Waals surface area (Å²) in [5.41, 5.74) is 1.11. The Morgan fingerprint density at radius 3 is 2.89 bits per heavy atom. The zero-order valence-electron chi connectivity index (χ0n) is 10.7. The SMILES string of the molecule is COC1CC(NC(C)c2nc3ccccc3s2)C1. The van der Waals surface area contributed by atoms with Crippen LogP contribution in [0.25, 0.3) is 10.2 Å². The smallest absolute Gasteiger partial charge is 0.111 e. The Bertz CT molecular complexity index is 500. The predicted molar refractivity (Wildman–Crippen MR) is 75.0 cm³/mol. The van der Waals surface area contributed by atoms with E-state index in [1.54, 1.807) is 18.4 Å². The van der Waals surface area contributed by atoms with Crippen molar-refractivity contribution in [3.05, 3.63) is 29.3 Å². The molecule has 3 nitrogen and oxygen atoms in total. The molecule has 1 unspecified atom stereocenters. The fourth-order valence-electron chi connectivity index (χ4n) is 2.39. The molecule has 0 bridgehead atoms. The van der Waals surface area contributed by atoms with Gasteiger partial charge in [-0.05, 0) is 31.9 Å². The van der Waals surface area contributed by atoms with E-state index in [2.05, 4.69) is 35.4 Å². The van der Waals surface area contributed by atoms with Crippen molar-refractivity contribution in [1.82, 2.24) is 10.3 Å². The Kier molecular flexibility index (Phi) is 3.33. The van der Waals surface area contributed by atoms with Crippen molar-refractivity contribution < 1.29 is 4.74 Å². The van der Waals surface area contributed by atoms with Gasteiger partial charge in [-0.1, -0.05) is 12.1 Å². The second kappa shape index (κ2) is 4.96. The van der Waals surface area contributed by atoms with Gasteiger partial charge in [0, 0.05) is 13.2 Å². The van der Waals surface area contributed by atoms with E-state index in [0.717, 1.165) is 18.4 Å². The first-order valence-corrected chi connectivity index (χ1v) is 7.22. The third kappa shape index (κ3) is 2.28. The maximum atomic E-state index is 5.30. The van der Waals surface area contributed by atoms with Crippen LogP contribution in [0.5, 0.6) is 0 Å². The molecule has 1 fully saturated rings. The summed E-state index contributed by atoms with van der Waals surface area (Å²) in [7, 11) is 1.79. The normalized spacial score (nSPS) is 25.0. The largest absolute Gasteiger partial charge is 0.381 e. The summed E-state index contributed by atoms with van der Waals surface area (Å²) in [5, 5.41) is 4.80. The molecule has 2 aromatic rings. The number of ether oxygens (including phenoxy) is 1. The minimum Gasteiger partial charge on any atom is -0.381 e. The maximum absolute atomic E-state index is 5.30. The van der Waals surface area contributed by atoms with Crippen LogP contribution in [-0.4, -0.2) is 24.2 Å². The number of methoxy groups -OCH3 is 1. The van der Waals surface area contributed by atoms with Crippen LogP contribution in [0.15, 0.2) is 24.3 Å². The van der Waals surface area contributed by atoms with E-state index in [4.69, 9.17) is 4.74 Å². The van der Waals surface area contributed by atoms with Crippen LogP contribution < -0.4 is 5.32 Å². The van der Waals surface area contributed by atoms with Gasteiger partial charge >= 0.3 is 0 Å². The van der Waals surface area contributed by atoms with Gasteiger partial charge in [0.15, 0.2) is 0 Å².